The van der Waals surface area contributed by atoms with Crippen molar-refractivity contribution < 1.29 is 9.90 Å². The Balaban J connectivity index is 1.88. The molecule has 1 heterocycles. The lowest BCUT2D eigenvalue weighted by atomic mass is 10.0. The molecule has 1 aromatic heterocycles. The van der Waals surface area contributed by atoms with E-state index in [4.69, 9.17) is 0 Å². The van der Waals surface area contributed by atoms with E-state index in [1.165, 1.54) is 11.3 Å². The van der Waals surface area contributed by atoms with Crippen LogP contribution < -0.4 is 10.2 Å². The van der Waals surface area contributed by atoms with E-state index in [1.54, 1.807) is 11.8 Å². The van der Waals surface area contributed by atoms with Crippen LogP contribution in [-0.4, -0.2) is 29.1 Å². The fraction of sp³-hybridized carbons (Fsp3) is 0.412. The molecule has 1 aromatic carbocycles. The molecule has 1 unspecified atom stereocenters. The number of benzene rings is 1. The second kappa shape index (κ2) is 8.19. The van der Waals surface area contributed by atoms with E-state index in [9.17, 15) is 9.90 Å². The van der Waals surface area contributed by atoms with Crippen molar-refractivity contribution in [2.75, 3.05) is 18.0 Å². The minimum absolute atomic E-state index is 0.00339. The summed E-state index contributed by atoms with van der Waals surface area (Å²) >= 11 is 1.46. The van der Waals surface area contributed by atoms with Crippen LogP contribution in [0.5, 0.6) is 0 Å². The van der Waals surface area contributed by atoms with Crippen molar-refractivity contribution in [3.63, 3.8) is 0 Å². The Morgan fingerprint density at radius 2 is 2.17 bits per heavy atom. The Labute approximate surface area is 141 Å². The molecular weight excluding hydrogens is 310 g/mol. The third-order valence-electron chi connectivity index (χ3n) is 3.66. The molecule has 0 aliphatic carbocycles. The summed E-state index contributed by atoms with van der Waals surface area (Å²) in [6, 6.07) is 7.82. The van der Waals surface area contributed by atoms with Crippen molar-refractivity contribution in [3.05, 3.63) is 46.5 Å². The van der Waals surface area contributed by atoms with Crippen LogP contribution in [0.4, 0.5) is 5.13 Å². The summed E-state index contributed by atoms with van der Waals surface area (Å²) in [6.45, 7) is 7.10. The van der Waals surface area contributed by atoms with E-state index in [0.29, 0.717) is 19.6 Å². The number of rotatable bonds is 7. The zero-order valence-corrected chi connectivity index (χ0v) is 14.6. The number of carbonyl (C=O) groups excluding carboxylic acids is 1. The zero-order chi connectivity index (χ0) is 16.8. The number of aromatic nitrogens is 1. The Hall–Kier alpha value is -1.76. The van der Waals surface area contributed by atoms with Crippen molar-refractivity contribution in [1.82, 2.24) is 10.3 Å². The summed E-state index contributed by atoms with van der Waals surface area (Å²) in [5.74, 6) is -0.00339. The summed E-state index contributed by atoms with van der Waals surface area (Å²) in [4.78, 5) is 17.6. The lowest BCUT2D eigenvalue weighted by molar-refractivity contribution is -0.116. The predicted molar refractivity (Wildman–Crippen MR) is 93.7 cm³/mol. The molecule has 0 aliphatic heterocycles. The summed E-state index contributed by atoms with van der Waals surface area (Å²) < 4.78 is 0. The number of nitrogens with one attached hydrogen (secondary N) is 1. The second-order valence-corrected chi connectivity index (χ2v) is 6.22. The van der Waals surface area contributed by atoms with E-state index in [0.717, 1.165) is 22.0 Å². The number of anilines is 1. The Morgan fingerprint density at radius 1 is 1.43 bits per heavy atom. The number of aliphatic hydroxyl groups is 1. The average molecular weight is 333 g/mol. The van der Waals surface area contributed by atoms with Gasteiger partial charge in [-0.15, -0.1) is 11.3 Å². The molecular formula is C17H23N3O2S. The van der Waals surface area contributed by atoms with Gasteiger partial charge in [0.25, 0.3) is 0 Å². The van der Waals surface area contributed by atoms with Crippen molar-refractivity contribution in [3.8, 4) is 0 Å². The molecule has 23 heavy (non-hydrogen) atoms. The zero-order valence-electron chi connectivity index (χ0n) is 13.7. The average Bonchev–Trinajstić information content (AvgIpc) is 2.96. The molecule has 0 saturated heterocycles. The van der Waals surface area contributed by atoms with Gasteiger partial charge in [0.1, 0.15) is 0 Å². The molecule has 2 N–H and O–H groups in total. The predicted octanol–water partition coefficient (Wildman–Crippen LogP) is 2.65. The smallest absolute Gasteiger partial charge is 0.225 e. The summed E-state index contributed by atoms with van der Waals surface area (Å²) in [6.07, 6.45) is -0.543. The van der Waals surface area contributed by atoms with Gasteiger partial charge >= 0.3 is 0 Å². The van der Waals surface area contributed by atoms with E-state index in [1.807, 2.05) is 43.5 Å². The van der Waals surface area contributed by atoms with Crippen LogP contribution in [0.3, 0.4) is 0 Å². The van der Waals surface area contributed by atoms with Crippen LogP contribution in [0.2, 0.25) is 0 Å². The van der Waals surface area contributed by atoms with Crippen LogP contribution in [0.25, 0.3) is 0 Å². The van der Waals surface area contributed by atoms with Crippen molar-refractivity contribution in [2.45, 2.75) is 33.4 Å². The molecule has 124 valence electrons. The molecule has 6 heteroatoms. The Kier molecular flexibility index (Phi) is 6.27. The van der Waals surface area contributed by atoms with E-state index in [-0.39, 0.29) is 5.91 Å². The van der Waals surface area contributed by atoms with Crippen LogP contribution in [0.15, 0.2) is 29.6 Å². The van der Waals surface area contributed by atoms with E-state index in [2.05, 4.69) is 10.3 Å². The van der Waals surface area contributed by atoms with Gasteiger partial charge in [-0.05, 0) is 25.0 Å². The maximum absolute atomic E-state index is 11.5. The molecule has 0 bridgehead atoms. The first-order valence-corrected chi connectivity index (χ1v) is 8.57. The highest BCUT2D eigenvalue weighted by Gasteiger charge is 2.14. The van der Waals surface area contributed by atoms with Gasteiger partial charge in [-0.1, -0.05) is 24.3 Å². The first-order chi connectivity index (χ1) is 11.0. The number of hydrogen-bond donors (Lipinski definition) is 2. The third-order valence-corrected chi connectivity index (χ3v) is 4.57. The molecule has 1 amide bonds. The van der Waals surface area contributed by atoms with Crippen molar-refractivity contribution in [2.24, 2.45) is 0 Å². The van der Waals surface area contributed by atoms with Crippen LogP contribution >= 0.6 is 11.3 Å². The quantitative estimate of drug-likeness (QED) is 0.817. The summed E-state index contributed by atoms with van der Waals surface area (Å²) in [5, 5.41) is 16.1. The monoisotopic (exact) mass is 333 g/mol. The maximum Gasteiger partial charge on any atom is 0.225 e. The highest BCUT2D eigenvalue weighted by molar-refractivity contribution is 7.14. The molecule has 1 atom stereocenters. The summed E-state index contributed by atoms with van der Waals surface area (Å²) in [5.41, 5.74) is 2.90. The fourth-order valence-corrected chi connectivity index (χ4v) is 3.33. The van der Waals surface area contributed by atoms with Gasteiger partial charge in [0.15, 0.2) is 5.13 Å². The molecule has 0 spiro atoms. The molecule has 0 fully saturated rings. The van der Waals surface area contributed by atoms with E-state index >= 15 is 0 Å². The molecule has 5 nitrogen and oxygen atoms in total. The van der Waals surface area contributed by atoms with Gasteiger partial charge in [0.2, 0.25) is 5.91 Å². The van der Waals surface area contributed by atoms with Gasteiger partial charge in [-0.25, -0.2) is 4.98 Å². The van der Waals surface area contributed by atoms with E-state index < -0.39 is 6.10 Å². The number of nitrogens with zero attached hydrogens (tertiary/aromatic N) is 2. The lowest BCUT2D eigenvalue weighted by Crippen LogP contribution is -2.28. The molecule has 0 saturated carbocycles. The Bertz CT molecular complexity index is 657. The number of thiazole rings is 1. The molecule has 0 radical (unpaired) electrons. The minimum atomic E-state index is -0.543. The molecule has 0 aliphatic rings. The standard InChI is InChI=1S/C17H23N3O2S/c1-4-20(13(3)21)17-19-14(11-23-17)9-18-10-16(22)15-8-6-5-7-12(15)2/h5-8,11,16,18,22H,4,9-10H2,1-3H3. The largest absolute Gasteiger partial charge is 0.387 e. The third kappa shape index (κ3) is 4.60. The number of hydrogen-bond acceptors (Lipinski definition) is 5. The van der Waals surface area contributed by atoms with Gasteiger partial charge in [-0.3, -0.25) is 9.69 Å². The van der Waals surface area contributed by atoms with Crippen molar-refractivity contribution >= 4 is 22.4 Å². The fourth-order valence-electron chi connectivity index (χ4n) is 2.40. The second-order valence-electron chi connectivity index (χ2n) is 5.39. The van der Waals surface area contributed by atoms with Gasteiger partial charge in [0.05, 0.1) is 11.8 Å². The van der Waals surface area contributed by atoms with Gasteiger partial charge in [0, 0.05) is 31.9 Å². The number of aliphatic hydroxyl groups excluding tert-OH is 1. The highest BCUT2D eigenvalue weighted by atomic mass is 32.1. The normalized spacial score (nSPS) is 12.2. The number of amides is 1. The molecule has 2 aromatic rings. The SMILES string of the molecule is CCN(C(C)=O)c1nc(CNCC(O)c2ccccc2C)cs1. The summed E-state index contributed by atoms with van der Waals surface area (Å²) in [7, 11) is 0. The Morgan fingerprint density at radius 3 is 2.83 bits per heavy atom. The van der Waals surface area contributed by atoms with Crippen LogP contribution in [0.1, 0.15) is 36.8 Å². The van der Waals surface area contributed by atoms with Crippen molar-refractivity contribution in [1.29, 1.82) is 0 Å². The maximum atomic E-state index is 11.5. The lowest BCUT2D eigenvalue weighted by Gasteiger charge is -2.15. The first kappa shape index (κ1) is 17.6. The van der Waals surface area contributed by atoms with Crippen LogP contribution in [0, 0.1) is 6.92 Å². The minimum Gasteiger partial charge on any atom is -0.387 e. The number of carbonyl (C=O) groups is 1. The first-order valence-electron chi connectivity index (χ1n) is 7.69. The topological polar surface area (TPSA) is 65.5 Å². The number of aryl methyl sites for hydroxylation is 1. The van der Waals surface area contributed by atoms with Gasteiger partial charge in [-0.2, -0.15) is 0 Å². The molecule has 2 rings (SSSR count). The van der Waals surface area contributed by atoms with Crippen LogP contribution in [-0.2, 0) is 11.3 Å². The highest BCUT2D eigenvalue weighted by Crippen LogP contribution is 2.21. The van der Waals surface area contributed by atoms with Gasteiger partial charge < -0.3 is 10.4 Å².